The fourth-order valence-electron chi connectivity index (χ4n) is 3.36. The number of nitrogens with zero attached hydrogens (tertiary/aromatic N) is 1. The molecule has 2 aromatic carbocycles. The first-order valence-corrected chi connectivity index (χ1v) is 9.08. The molecule has 2 aromatic heterocycles. The molecule has 0 radical (unpaired) electrons. The lowest BCUT2D eigenvalue weighted by Crippen LogP contribution is -2.14. The molecule has 4 rings (SSSR count). The molecule has 0 spiro atoms. The molecule has 0 aliphatic heterocycles. The Bertz CT molecular complexity index is 1180. The highest BCUT2D eigenvalue weighted by atomic mass is 19.1. The lowest BCUT2D eigenvalue weighted by atomic mass is 10.2. The van der Waals surface area contributed by atoms with Crippen molar-refractivity contribution in [2.24, 2.45) is 0 Å². The normalized spacial score (nSPS) is 11.0. The number of benzene rings is 2. The molecule has 0 amide bonds. The number of para-hydroxylation sites is 1. The summed E-state index contributed by atoms with van der Waals surface area (Å²) in [4.78, 5) is 24.9. The molecule has 29 heavy (non-hydrogen) atoms. The number of carbonyl (C=O) groups is 2. The van der Waals surface area contributed by atoms with Crippen LogP contribution < -0.4 is 0 Å². The van der Waals surface area contributed by atoms with E-state index >= 15 is 0 Å². The van der Waals surface area contributed by atoms with E-state index in [9.17, 15) is 14.0 Å². The number of ketones is 1. The Morgan fingerprint density at radius 1 is 1.03 bits per heavy atom. The summed E-state index contributed by atoms with van der Waals surface area (Å²) in [5.41, 5.74) is 3.13. The predicted molar refractivity (Wildman–Crippen MR) is 106 cm³/mol. The number of ether oxygens (including phenoxy) is 1. The van der Waals surface area contributed by atoms with E-state index in [1.165, 1.54) is 12.1 Å². The van der Waals surface area contributed by atoms with Gasteiger partial charge in [-0.05, 0) is 56.3 Å². The summed E-state index contributed by atoms with van der Waals surface area (Å²) in [5, 5.41) is 0.810. The average Bonchev–Trinajstić information content (AvgIpc) is 3.27. The molecular formula is C23H18FNO4. The SMILES string of the molecule is Cc1cc(C(=O)OCC(=O)c2cc3ccccc3o2)c(C)n1-c1ccc(F)cc1. The minimum Gasteiger partial charge on any atom is -0.454 e. The second-order valence-corrected chi connectivity index (χ2v) is 6.74. The summed E-state index contributed by atoms with van der Waals surface area (Å²) in [6.45, 7) is 3.19. The lowest BCUT2D eigenvalue weighted by Gasteiger charge is -2.09. The van der Waals surface area contributed by atoms with E-state index in [0.717, 1.165) is 16.8 Å². The van der Waals surface area contributed by atoms with Gasteiger partial charge in [0.05, 0.1) is 5.56 Å². The Labute approximate surface area is 166 Å². The molecular weight excluding hydrogens is 373 g/mol. The Balaban J connectivity index is 1.50. The Morgan fingerprint density at radius 2 is 1.76 bits per heavy atom. The summed E-state index contributed by atoms with van der Waals surface area (Å²) in [6.07, 6.45) is 0. The molecule has 0 unspecified atom stereocenters. The van der Waals surface area contributed by atoms with Crippen LogP contribution in [0.3, 0.4) is 0 Å². The number of carbonyl (C=O) groups excluding carboxylic acids is 2. The number of rotatable bonds is 5. The molecule has 0 atom stereocenters. The number of aromatic nitrogens is 1. The minimum atomic E-state index is -0.601. The van der Waals surface area contributed by atoms with Crippen LogP contribution in [-0.2, 0) is 4.74 Å². The monoisotopic (exact) mass is 391 g/mol. The molecule has 5 nitrogen and oxygen atoms in total. The number of halogens is 1. The van der Waals surface area contributed by atoms with Crippen LogP contribution in [0.15, 0.2) is 65.1 Å². The molecule has 2 heterocycles. The molecule has 0 fully saturated rings. The van der Waals surface area contributed by atoms with Crippen LogP contribution in [0.2, 0.25) is 0 Å². The number of fused-ring (bicyclic) bond motifs is 1. The van der Waals surface area contributed by atoms with Crippen molar-refractivity contribution in [2.75, 3.05) is 6.61 Å². The van der Waals surface area contributed by atoms with Crippen molar-refractivity contribution in [1.82, 2.24) is 4.57 Å². The zero-order valence-corrected chi connectivity index (χ0v) is 15.9. The van der Waals surface area contributed by atoms with Crippen LogP contribution in [0.25, 0.3) is 16.7 Å². The summed E-state index contributed by atoms with van der Waals surface area (Å²) in [5.74, 6) is -1.20. The molecule has 4 aromatic rings. The Morgan fingerprint density at radius 3 is 2.48 bits per heavy atom. The maximum absolute atomic E-state index is 13.2. The van der Waals surface area contributed by atoms with Crippen molar-refractivity contribution in [3.8, 4) is 5.69 Å². The molecule has 6 heteroatoms. The fraction of sp³-hybridized carbons (Fsp3) is 0.130. The average molecular weight is 391 g/mol. The van der Waals surface area contributed by atoms with Gasteiger partial charge in [0, 0.05) is 22.5 Å². The molecule has 146 valence electrons. The van der Waals surface area contributed by atoms with Crippen molar-refractivity contribution in [1.29, 1.82) is 0 Å². The van der Waals surface area contributed by atoms with Crippen LogP contribution in [-0.4, -0.2) is 22.9 Å². The maximum Gasteiger partial charge on any atom is 0.340 e. The molecule has 0 aliphatic carbocycles. The van der Waals surface area contributed by atoms with E-state index in [1.807, 2.05) is 29.7 Å². The first kappa shape index (κ1) is 18.7. The van der Waals surface area contributed by atoms with Gasteiger partial charge in [-0.1, -0.05) is 18.2 Å². The second-order valence-electron chi connectivity index (χ2n) is 6.74. The molecule has 0 saturated carbocycles. The third-order valence-electron chi connectivity index (χ3n) is 4.77. The summed E-state index contributed by atoms with van der Waals surface area (Å²) >= 11 is 0. The summed E-state index contributed by atoms with van der Waals surface area (Å²) in [7, 11) is 0. The highest BCUT2D eigenvalue weighted by molar-refractivity contribution is 6.00. The zero-order valence-electron chi connectivity index (χ0n) is 15.9. The van der Waals surface area contributed by atoms with E-state index < -0.39 is 18.4 Å². The van der Waals surface area contributed by atoms with E-state index in [0.29, 0.717) is 16.8 Å². The third-order valence-corrected chi connectivity index (χ3v) is 4.77. The van der Waals surface area contributed by atoms with Crippen molar-refractivity contribution in [3.63, 3.8) is 0 Å². The molecule has 0 aliphatic rings. The van der Waals surface area contributed by atoms with Crippen molar-refractivity contribution in [2.45, 2.75) is 13.8 Å². The second kappa shape index (κ2) is 7.39. The fourth-order valence-corrected chi connectivity index (χ4v) is 3.36. The predicted octanol–water partition coefficient (Wildman–Crippen LogP) is 5.02. The van der Waals surface area contributed by atoms with Gasteiger partial charge in [-0.25, -0.2) is 9.18 Å². The number of aryl methyl sites for hydroxylation is 1. The van der Waals surface area contributed by atoms with E-state index in [-0.39, 0.29) is 11.6 Å². The smallest absolute Gasteiger partial charge is 0.340 e. The standard InChI is InChI=1S/C23H18FNO4/c1-14-11-19(15(2)25(14)18-9-7-17(24)8-10-18)23(27)28-13-20(26)22-12-16-5-3-4-6-21(16)29-22/h3-12H,13H2,1-2H3. The van der Waals surface area contributed by atoms with E-state index in [4.69, 9.17) is 9.15 Å². The Kier molecular flexibility index (Phi) is 4.76. The van der Waals surface area contributed by atoms with Gasteiger partial charge < -0.3 is 13.7 Å². The Hall–Kier alpha value is -3.67. The number of hydrogen-bond donors (Lipinski definition) is 0. The first-order chi connectivity index (χ1) is 13.9. The highest BCUT2D eigenvalue weighted by Gasteiger charge is 2.20. The van der Waals surface area contributed by atoms with Crippen LogP contribution in [0.1, 0.15) is 32.3 Å². The largest absolute Gasteiger partial charge is 0.454 e. The van der Waals surface area contributed by atoms with E-state index in [2.05, 4.69) is 0 Å². The molecule has 0 N–H and O–H groups in total. The number of hydrogen-bond acceptors (Lipinski definition) is 4. The van der Waals surface area contributed by atoms with Crippen LogP contribution in [0, 0.1) is 19.7 Å². The van der Waals surface area contributed by atoms with Gasteiger partial charge in [0.25, 0.3) is 0 Å². The van der Waals surface area contributed by atoms with Gasteiger partial charge >= 0.3 is 5.97 Å². The number of Topliss-reactive ketones (excluding diaryl/α,β-unsaturated/α-hetero) is 1. The number of furan rings is 1. The quantitative estimate of drug-likeness (QED) is 0.354. The molecule has 0 bridgehead atoms. The van der Waals surface area contributed by atoms with Gasteiger partial charge in [0.15, 0.2) is 12.4 Å². The lowest BCUT2D eigenvalue weighted by molar-refractivity contribution is 0.0467. The van der Waals surface area contributed by atoms with Crippen molar-refractivity contribution >= 4 is 22.7 Å². The van der Waals surface area contributed by atoms with Gasteiger partial charge in [-0.15, -0.1) is 0 Å². The van der Waals surface area contributed by atoms with Crippen molar-refractivity contribution in [3.05, 3.63) is 89.2 Å². The number of esters is 1. The van der Waals surface area contributed by atoms with Crippen molar-refractivity contribution < 1.29 is 23.1 Å². The zero-order chi connectivity index (χ0) is 20.5. The molecule has 0 saturated heterocycles. The minimum absolute atomic E-state index is 0.149. The summed E-state index contributed by atoms with van der Waals surface area (Å²) < 4.78 is 25.8. The first-order valence-electron chi connectivity index (χ1n) is 9.08. The topological polar surface area (TPSA) is 61.4 Å². The third kappa shape index (κ3) is 3.57. The highest BCUT2D eigenvalue weighted by Crippen LogP contribution is 2.23. The van der Waals surface area contributed by atoms with Gasteiger partial charge in [0.2, 0.25) is 5.78 Å². The van der Waals surface area contributed by atoms with Crippen LogP contribution in [0.4, 0.5) is 4.39 Å². The van der Waals surface area contributed by atoms with Gasteiger partial charge in [-0.3, -0.25) is 4.79 Å². The maximum atomic E-state index is 13.2. The van der Waals surface area contributed by atoms with Gasteiger partial charge in [-0.2, -0.15) is 0 Å². The summed E-state index contributed by atoms with van der Waals surface area (Å²) in [6, 6.07) is 16.6. The van der Waals surface area contributed by atoms with Crippen LogP contribution >= 0.6 is 0 Å². The van der Waals surface area contributed by atoms with Crippen LogP contribution in [0.5, 0.6) is 0 Å². The van der Waals surface area contributed by atoms with Gasteiger partial charge in [0.1, 0.15) is 11.4 Å². The van der Waals surface area contributed by atoms with E-state index in [1.54, 1.807) is 37.3 Å².